The first-order chi connectivity index (χ1) is 12.3. The number of aliphatic imine (C=N–C) groups is 1. The molecule has 26 heavy (non-hydrogen) atoms. The highest BCUT2D eigenvalue weighted by atomic mass is 127. The highest BCUT2D eigenvalue weighted by Gasteiger charge is 2.12. The van der Waals surface area contributed by atoms with Gasteiger partial charge in [-0.25, -0.2) is 0 Å². The molecule has 3 N–H and O–H groups in total. The number of nitrogens with zero attached hydrogens (tertiary/aromatic N) is 1. The van der Waals surface area contributed by atoms with Crippen molar-refractivity contribution in [1.82, 2.24) is 10.6 Å². The van der Waals surface area contributed by atoms with Crippen molar-refractivity contribution in [2.75, 3.05) is 32.1 Å². The fourth-order valence-electron chi connectivity index (χ4n) is 2.91. The Morgan fingerprint density at radius 2 is 1.81 bits per heavy atom. The fraction of sp³-hybridized carbons (Fsp3) is 0.579. The third-order valence-corrected chi connectivity index (χ3v) is 4.25. The van der Waals surface area contributed by atoms with Crippen LogP contribution in [0.15, 0.2) is 35.3 Å². The monoisotopic (exact) mass is 474 g/mol. The largest absolute Gasteiger partial charge is 0.376 e. The van der Waals surface area contributed by atoms with Crippen LogP contribution in [0.3, 0.4) is 0 Å². The molecule has 1 aliphatic rings. The van der Waals surface area contributed by atoms with Crippen molar-refractivity contribution < 1.29 is 9.53 Å². The number of carbonyl (C=O) groups excluding carboxylic acids is 1. The van der Waals surface area contributed by atoms with Gasteiger partial charge in [-0.2, -0.15) is 0 Å². The van der Waals surface area contributed by atoms with Crippen LogP contribution in [0.2, 0.25) is 0 Å². The number of hydrogen-bond donors (Lipinski definition) is 3. The first-order valence-electron chi connectivity index (χ1n) is 9.19. The Labute approximate surface area is 173 Å². The number of ether oxygens (including phenoxy) is 1. The number of hydrogen-bond acceptors (Lipinski definition) is 3. The molecule has 1 saturated carbocycles. The molecule has 0 aliphatic heterocycles. The molecule has 6 nitrogen and oxygen atoms in total. The average molecular weight is 474 g/mol. The maximum Gasteiger partial charge on any atom is 0.243 e. The van der Waals surface area contributed by atoms with Crippen LogP contribution in [0, 0.1) is 0 Å². The number of amides is 1. The summed E-state index contributed by atoms with van der Waals surface area (Å²) in [6.45, 7) is 1.50. The Hall–Kier alpha value is -1.35. The van der Waals surface area contributed by atoms with Crippen LogP contribution in [0.1, 0.15) is 38.5 Å². The standard InChI is InChI=1S/C19H30N4O2.HI/c1-20-19(21-13-14-25-17-11-7-2-3-8-12-17)22-15-18(24)23-16-9-5-4-6-10-16;/h4-6,9-10,17H,2-3,7-8,11-15H2,1H3,(H,23,24)(H2,20,21,22);1H. The molecule has 0 saturated heterocycles. The number of rotatable bonds is 7. The molecule has 0 atom stereocenters. The van der Waals surface area contributed by atoms with Crippen LogP contribution < -0.4 is 16.0 Å². The Kier molecular flexibility index (Phi) is 12.0. The summed E-state index contributed by atoms with van der Waals surface area (Å²) in [5, 5.41) is 9.02. The molecular formula is C19H31IN4O2. The van der Waals surface area contributed by atoms with E-state index < -0.39 is 0 Å². The minimum absolute atomic E-state index is 0. The number of guanidine groups is 1. The molecule has 0 spiro atoms. The van der Waals surface area contributed by atoms with Gasteiger partial charge in [-0.3, -0.25) is 9.79 Å². The van der Waals surface area contributed by atoms with E-state index in [-0.39, 0.29) is 36.4 Å². The Bertz CT molecular complexity index is 532. The zero-order valence-electron chi connectivity index (χ0n) is 15.5. The Morgan fingerprint density at radius 3 is 2.46 bits per heavy atom. The number of benzene rings is 1. The molecule has 0 aromatic heterocycles. The highest BCUT2D eigenvalue weighted by Crippen LogP contribution is 2.19. The number of nitrogens with one attached hydrogen (secondary N) is 3. The van der Waals surface area contributed by atoms with E-state index in [1.165, 1.54) is 38.5 Å². The van der Waals surface area contributed by atoms with Crippen molar-refractivity contribution in [3.8, 4) is 0 Å². The van der Waals surface area contributed by atoms with Crippen LogP contribution in [-0.4, -0.2) is 44.7 Å². The molecular weight excluding hydrogens is 443 g/mol. The molecule has 1 aliphatic carbocycles. The summed E-state index contributed by atoms with van der Waals surface area (Å²) in [7, 11) is 1.69. The van der Waals surface area contributed by atoms with Gasteiger partial charge < -0.3 is 20.7 Å². The van der Waals surface area contributed by atoms with E-state index in [0.717, 1.165) is 5.69 Å². The lowest BCUT2D eigenvalue weighted by molar-refractivity contribution is -0.115. The third kappa shape index (κ3) is 9.38. The second-order valence-corrected chi connectivity index (χ2v) is 6.25. The summed E-state index contributed by atoms with van der Waals surface area (Å²) >= 11 is 0. The van der Waals surface area contributed by atoms with Gasteiger partial charge >= 0.3 is 0 Å². The topological polar surface area (TPSA) is 74.8 Å². The van der Waals surface area contributed by atoms with Gasteiger partial charge in [0.1, 0.15) is 0 Å². The van der Waals surface area contributed by atoms with E-state index in [0.29, 0.717) is 25.2 Å². The maximum absolute atomic E-state index is 11.9. The molecule has 1 aromatic carbocycles. The lowest BCUT2D eigenvalue weighted by Gasteiger charge is -2.16. The second-order valence-electron chi connectivity index (χ2n) is 6.25. The summed E-state index contributed by atoms with van der Waals surface area (Å²) in [5.74, 6) is 0.497. The smallest absolute Gasteiger partial charge is 0.243 e. The molecule has 7 heteroatoms. The molecule has 0 radical (unpaired) electrons. The van der Waals surface area contributed by atoms with E-state index >= 15 is 0 Å². The maximum atomic E-state index is 11.9. The molecule has 1 amide bonds. The van der Waals surface area contributed by atoms with Crippen LogP contribution in [0.25, 0.3) is 0 Å². The van der Waals surface area contributed by atoms with Crippen molar-refractivity contribution in [2.24, 2.45) is 4.99 Å². The van der Waals surface area contributed by atoms with Crippen LogP contribution in [-0.2, 0) is 9.53 Å². The van der Waals surface area contributed by atoms with Gasteiger partial charge in [-0.1, -0.05) is 43.9 Å². The average Bonchev–Trinajstić information content (AvgIpc) is 2.91. The molecule has 0 bridgehead atoms. The van der Waals surface area contributed by atoms with Gasteiger partial charge in [0.15, 0.2) is 5.96 Å². The first-order valence-corrected chi connectivity index (χ1v) is 9.19. The quantitative estimate of drug-likeness (QED) is 0.187. The minimum atomic E-state index is -0.108. The summed E-state index contributed by atoms with van der Waals surface area (Å²) in [6, 6.07) is 9.40. The molecule has 0 heterocycles. The van der Waals surface area contributed by atoms with Crippen molar-refractivity contribution in [3.05, 3.63) is 30.3 Å². The fourth-order valence-corrected chi connectivity index (χ4v) is 2.91. The van der Waals surface area contributed by atoms with Gasteiger partial charge in [-0.15, -0.1) is 24.0 Å². The van der Waals surface area contributed by atoms with Gasteiger partial charge in [0.05, 0.1) is 19.3 Å². The number of anilines is 1. The van der Waals surface area contributed by atoms with Crippen molar-refractivity contribution >= 4 is 41.5 Å². The normalized spacial score (nSPS) is 15.5. The van der Waals surface area contributed by atoms with Gasteiger partial charge in [0, 0.05) is 19.3 Å². The zero-order valence-corrected chi connectivity index (χ0v) is 17.8. The number of halogens is 1. The summed E-state index contributed by atoms with van der Waals surface area (Å²) in [5.41, 5.74) is 0.786. The Morgan fingerprint density at radius 1 is 1.12 bits per heavy atom. The first kappa shape index (κ1) is 22.7. The minimum Gasteiger partial charge on any atom is -0.376 e. The second kappa shape index (κ2) is 13.8. The van der Waals surface area contributed by atoms with Gasteiger partial charge in [-0.05, 0) is 25.0 Å². The molecule has 2 rings (SSSR count). The van der Waals surface area contributed by atoms with Crippen molar-refractivity contribution in [2.45, 2.75) is 44.6 Å². The molecule has 1 aromatic rings. The van der Waals surface area contributed by atoms with Crippen LogP contribution in [0.4, 0.5) is 5.69 Å². The predicted octanol–water partition coefficient (Wildman–Crippen LogP) is 3.15. The van der Waals surface area contributed by atoms with Crippen molar-refractivity contribution in [3.63, 3.8) is 0 Å². The molecule has 0 unspecified atom stereocenters. The number of para-hydroxylation sites is 1. The zero-order chi connectivity index (χ0) is 17.7. The molecule has 1 fully saturated rings. The van der Waals surface area contributed by atoms with Crippen LogP contribution >= 0.6 is 24.0 Å². The van der Waals surface area contributed by atoms with Gasteiger partial charge in [0.2, 0.25) is 5.91 Å². The SMILES string of the molecule is CN=C(NCCOC1CCCCCC1)NCC(=O)Nc1ccccc1.I. The van der Waals surface area contributed by atoms with E-state index in [1.807, 2.05) is 30.3 Å². The lowest BCUT2D eigenvalue weighted by atomic mass is 10.1. The third-order valence-electron chi connectivity index (χ3n) is 4.25. The van der Waals surface area contributed by atoms with E-state index in [1.54, 1.807) is 7.05 Å². The highest BCUT2D eigenvalue weighted by molar-refractivity contribution is 14.0. The number of carbonyl (C=O) groups is 1. The predicted molar refractivity (Wildman–Crippen MR) is 117 cm³/mol. The summed E-state index contributed by atoms with van der Waals surface area (Å²) < 4.78 is 5.94. The summed E-state index contributed by atoms with van der Waals surface area (Å²) in [6.07, 6.45) is 7.96. The molecule has 146 valence electrons. The lowest BCUT2D eigenvalue weighted by Crippen LogP contribution is -2.42. The van der Waals surface area contributed by atoms with Crippen molar-refractivity contribution in [1.29, 1.82) is 0 Å². The Balaban J connectivity index is 0.00000338. The summed E-state index contributed by atoms with van der Waals surface area (Å²) in [4.78, 5) is 16.0. The van der Waals surface area contributed by atoms with Crippen LogP contribution in [0.5, 0.6) is 0 Å². The van der Waals surface area contributed by atoms with E-state index in [2.05, 4.69) is 20.9 Å². The van der Waals surface area contributed by atoms with E-state index in [9.17, 15) is 4.79 Å². The van der Waals surface area contributed by atoms with E-state index in [4.69, 9.17) is 4.74 Å². The van der Waals surface area contributed by atoms with Gasteiger partial charge in [0.25, 0.3) is 0 Å².